The van der Waals surface area contributed by atoms with Crippen molar-refractivity contribution < 1.29 is 4.42 Å². The largest absolute Gasteiger partial charge is 0.444 e. The third kappa shape index (κ3) is 4.69. The number of aromatic nitrogens is 3. The van der Waals surface area contributed by atoms with Crippen LogP contribution in [0.1, 0.15) is 46.9 Å². The molecule has 0 spiro atoms. The molecule has 4 rings (SSSR count). The summed E-state index contributed by atoms with van der Waals surface area (Å²) in [5, 5.41) is 8.45. The Hall–Kier alpha value is -3.18. The molecule has 5 heteroatoms. The van der Waals surface area contributed by atoms with Crippen molar-refractivity contribution in [2.45, 2.75) is 46.8 Å². The van der Waals surface area contributed by atoms with Gasteiger partial charge in [-0.05, 0) is 33.3 Å². The maximum atomic E-state index is 5.66. The van der Waals surface area contributed by atoms with Crippen molar-refractivity contribution in [2.24, 2.45) is 0 Å². The van der Waals surface area contributed by atoms with E-state index in [0.717, 1.165) is 29.1 Å². The van der Waals surface area contributed by atoms with E-state index in [2.05, 4.69) is 85.8 Å². The number of nitrogens with zero attached hydrogens (tertiary/aromatic N) is 3. The smallest absolute Gasteiger partial charge is 0.211 e. The van der Waals surface area contributed by atoms with Crippen LogP contribution in [-0.4, -0.2) is 14.8 Å². The molecule has 1 atom stereocenters. The number of hydrogen-bond donors (Lipinski definition) is 1. The summed E-state index contributed by atoms with van der Waals surface area (Å²) in [5.41, 5.74) is 7.03. The predicted octanol–water partition coefficient (Wildman–Crippen LogP) is 5.36. The van der Waals surface area contributed by atoms with E-state index in [0.29, 0.717) is 12.4 Å². The lowest BCUT2D eigenvalue weighted by Gasteiger charge is -2.10. The first kappa shape index (κ1) is 20.1. The summed E-state index contributed by atoms with van der Waals surface area (Å²) < 4.78 is 7.69. The highest BCUT2D eigenvalue weighted by molar-refractivity contribution is 5.63. The Balaban J connectivity index is 1.58. The molecule has 5 nitrogen and oxygen atoms in total. The fourth-order valence-electron chi connectivity index (χ4n) is 3.43. The molecule has 0 saturated carbocycles. The molecular formula is C25H28N4O. The number of oxazole rings is 1. The van der Waals surface area contributed by atoms with Crippen molar-refractivity contribution >= 4 is 0 Å². The zero-order valence-corrected chi connectivity index (χ0v) is 18.0. The first-order chi connectivity index (χ1) is 14.5. The van der Waals surface area contributed by atoms with Crippen LogP contribution < -0.4 is 5.32 Å². The number of rotatable bonds is 7. The second-order valence-corrected chi connectivity index (χ2v) is 7.96. The van der Waals surface area contributed by atoms with Gasteiger partial charge >= 0.3 is 0 Å². The molecule has 0 radical (unpaired) electrons. The molecule has 2 heterocycles. The molecule has 2 aromatic carbocycles. The molecule has 0 fully saturated rings. The average molecular weight is 401 g/mol. The highest BCUT2D eigenvalue weighted by Crippen LogP contribution is 2.24. The monoisotopic (exact) mass is 400 g/mol. The van der Waals surface area contributed by atoms with Crippen LogP contribution in [0.2, 0.25) is 0 Å². The maximum Gasteiger partial charge on any atom is 0.211 e. The van der Waals surface area contributed by atoms with Gasteiger partial charge in [-0.25, -0.2) is 4.98 Å². The van der Waals surface area contributed by atoms with Crippen LogP contribution in [0.15, 0.2) is 65.3 Å². The summed E-state index contributed by atoms with van der Waals surface area (Å²) in [6.07, 6.45) is 3.89. The molecule has 0 bridgehead atoms. The van der Waals surface area contributed by atoms with E-state index in [1.807, 2.05) is 11.6 Å². The van der Waals surface area contributed by atoms with Gasteiger partial charge in [0.25, 0.3) is 0 Å². The van der Waals surface area contributed by atoms with Crippen molar-refractivity contribution in [1.29, 1.82) is 0 Å². The maximum absolute atomic E-state index is 5.66. The van der Waals surface area contributed by atoms with Crippen LogP contribution in [0.3, 0.4) is 0 Å². The molecule has 0 saturated heterocycles. The molecule has 0 aliphatic carbocycles. The fraction of sp³-hybridized carbons (Fsp3) is 0.280. The van der Waals surface area contributed by atoms with E-state index < -0.39 is 0 Å². The molecule has 0 amide bonds. The Morgan fingerprint density at radius 3 is 2.27 bits per heavy atom. The lowest BCUT2D eigenvalue weighted by atomic mass is 10.1. The normalized spacial score (nSPS) is 12.3. The van der Waals surface area contributed by atoms with Crippen molar-refractivity contribution in [1.82, 2.24) is 20.1 Å². The Kier molecular flexibility index (Phi) is 5.81. The van der Waals surface area contributed by atoms with E-state index in [1.54, 1.807) is 6.20 Å². The van der Waals surface area contributed by atoms with E-state index in [4.69, 9.17) is 9.52 Å². The van der Waals surface area contributed by atoms with Crippen LogP contribution in [-0.2, 0) is 13.1 Å². The fourth-order valence-corrected chi connectivity index (χ4v) is 3.43. The molecule has 154 valence electrons. The van der Waals surface area contributed by atoms with Gasteiger partial charge in [0.05, 0.1) is 24.5 Å². The van der Waals surface area contributed by atoms with Gasteiger partial charge < -0.3 is 9.73 Å². The molecule has 2 aromatic heterocycles. The van der Waals surface area contributed by atoms with Gasteiger partial charge in [-0.1, -0.05) is 59.7 Å². The van der Waals surface area contributed by atoms with Gasteiger partial charge in [-0.3, -0.25) is 4.68 Å². The minimum atomic E-state index is 0.0185. The number of benzene rings is 2. The summed E-state index contributed by atoms with van der Waals surface area (Å²) in [6, 6.07) is 17.2. The topological polar surface area (TPSA) is 55.9 Å². The summed E-state index contributed by atoms with van der Waals surface area (Å²) in [6.45, 7) is 9.60. The summed E-state index contributed by atoms with van der Waals surface area (Å²) in [4.78, 5) is 4.34. The Morgan fingerprint density at radius 2 is 1.63 bits per heavy atom. The quantitative estimate of drug-likeness (QED) is 0.454. The Bertz CT molecular complexity index is 1110. The standard InChI is InChI=1S/C25H28N4O/c1-17-5-9-21(10-6-17)15-29-16-23(14-26-20(4)25-27-13-19(3)30-25)24(28-29)22-11-7-18(2)8-12-22/h5-13,16,20,26H,14-15H2,1-4H3/t20-/m0/s1. The van der Waals surface area contributed by atoms with Gasteiger partial charge in [-0.15, -0.1) is 0 Å². The zero-order valence-electron chi connectivity index (χ0n) is 18.0. The third-order valence-corrected chi connectivity index (χ3v) is 5.24. The molecule has 0 aliphatic rings. The minimum Gasteiger partial charge on any atom is -0.444 e. The first-order valence-corrected chi connectivity index (χ1v) is 10.3. The second kappa shape index (κ2) is 8.67. The number of hydrogen-bond acceptors (Lipinski definition) is 4. The zero-order chi connectivity index (χ0) is 21.1. The van der Waals surface area contributed by atoms with Crippen molar-refractivity contribution in [3.05, 3.63) is 94.8 Å². The van der Waals surface area contributed by atoms with E-state index in [9.17, 15) is 0 Å². The van der Waals surface area contributed by atoms with E-state index >= 15 is 0 Å². The first-order valence-electron chi connectivity index (χ1n) is 10.3. The van der Waals surface area contributed by atoms with Crippen LogP contribution in [0.25, 0.3) is 11.3 Å². The highest BCUT2D eigenvalue weighted by Gasteiger charge is 2.15. The molecule has 4 aromatic rings. The van der Waals surface area contributed by atoms with Crippen LogP contribution >= 0.6 is 0 Å². The van der Waals surface area contributed by atoms with Gasteiger partial charge in [0.1, 0.15) is 5.76 Å². The predicted molar refractivity (Wildman–Crippen MR) is 119 cm³/mol. The molecule has 0 aliphatic heterocycles. The third-order valence-electron chi connectivity index (χ3n) is 5.24. The average Bonchev–Trinajstić information content (AvgIpc) is 3.35. The van der Waals surface area contributed by atoms with Crippen LogP contribution in [0.4, 0.5) is 0 Å². The van der Waals surface area contributed by atoms with Crippen LogP contribution in [0.5, 0.6) is 0 Å². The van der Waals surface area contributed by atoms with E-state index in [1.165, 1.54) is 16.7 Å². The lowest BCUT2D eigenvalue weighted by Crippen LogP contribution is -2.18. The molecule has 1 N–H and O–H groups in total. The molecule has 0 unspecified atom stereocenters. The Morgan fingerprint density at radius 1 is 0.967 bits per heavy atom. The van der Waals surface area contributed by atoms with Gasteiger partial charge in [0.15, 0.2) is 0 Å². The summed E-state index contributed by atoms with van der Waals surface area (Å²) in [5.74, 6) is 1.53. The van der Waals surface area contributed by atoms with Gasteiger partial charge in [0, 0.05) is 23.9 Å². The van der Waals surface area contributed by atoms with Gasteiger partial charge in [-0.2, -0.15) is 5.10 Å². The summed E-state index contributed by atoms with van der Waals surface area (Å²) in [7, 11) is 0. The summed E-state index contributed by atoms with van der Waals surface area (Å²) >= 11 is 0. The number of aryl methyl sites for hydroxylation is 3. The molecular weight excluding hydrogens is 372 g/mol. The second-order valence-electron chi connectivity index (χ2n) is 7.96. The van der Waals surface area contributed by atoms with Gasteiger partial charge in [0.2, 0.25) is 5.89 Å². The SMILES string of the molecule is Cc1ccc(Cn2cc(CN[C@@H](C)c3ncc(C)o3)c(-c3ccc(C)cc3)n2)cc1. The van der Waals surface area contributed by atoms with Crippen molar-refractivity contribution in [3.63, 3.8) is 0 Å². The van der Waals surface area contributed by atoms with Crippen LogP contribution in [0, 0.1) is 20.8 Å². The molecule has 30 heavy (non-hydrogen) atoms. The van der Waals surface area contributed by atoms with Crippen molar-refractivity contribution in [3.8, 4) is 11.3 Å². The van der Waals surface area contributed by atoms with E-state index in [-0.39, 0.29) is 6.04 Å². The Labute approximate surface area is 177 Å². The lowest BCUT2D eigenvalue weighted by molar-refractivity contribution is 0.402. The van der Waals surface area contributed by atoms with Crippen molar-refractivity contribution in [2.75, 3.05) is 0 Å². The minimum absolute atomic E-state index is 0.0185. The number of nitrogens with one attached hydrogen (secondary N) is 1. The highest BCUT2D eigenvalue weighted by atomic mass is 16.4.